The van der Waals surface area contributed by atoms with Crippen LogP contribution in [0.2, 0.25) is 0 Å². The van der Waals surface area contributed by atoms with Crippen molar-refractivity contribution in [3.05, 3.63) is 52.4 Å². The fourth-order valence-corrected chi connectivity index (χ4v) is 3.37. The van der Waals surface area contributed by atoms with Gasteiger partial charge in [0.1, 0.15) is 12.3 Å². The van der Waals surface area contributed by atoms with Crippen LogP contribution >= 0.6 is 0 Å². The van der Waals surface area contributed by atoms with Crippen LogP contribution in [0.1, 0.15) is 18.4 Å². The van der Waals surface area contributed by atoms with E-state index in [2.05, 4.69) is 5.10 Å². The van der Waals surface area contributed by atoms with Gasteiger partial charge >= 0.3 is 0 Å². The van der Waals surface area contributed by atoms with E-state index in [-0.39, 0.29) is 23.9 Å². The lowest BCUT2D eigenvalue weighted by molar-refractivity contribution is -0.134. The smallest absolute Gasteiger partial charge is 0.269 e. The number of likely N-dealkylation sites (tertiary alicyclic amines) is 1. The largest absolute Gasteiger partial charge is 0.493 e. The third kappa shape index (κ3) is 4.91. The summed E-state index contributed by atoms with van der Waals surface area (Å²) in [5.74, 6) is 1.11. The number of amides is 1. The van der Waals surface area contributed by atoms with Gasteiger partial charge in [-0.2, -0.15) is 5.10 Å². The molecule has 1 saturated heterocycles. The van der Waals surface area contributed by atoms with Crippen molar-refractivity contribution in [3.63, 3.8) is 0 Å². The van der Waals surface area contributed by atoms with Crippen molar-refractivity contribution in [1.29, 1.82) is 0 Å². The number of ether oxygens (including phenoxy) is 1. The Morgan fingerprint density at radius 2 is 2.11 bits per heavy atom. The molecule has 3 rings (SSSR count). The fraction of sp³-hybridized carbons (Fsp3) is 0.476. The Hall–Kier alpha value is -2.83. The number of piperidine rings is 1. The van der Waals surface area contributed by atoms with Gasteiger partial charge in [0, 0.05) is 39.2 Å². The number of nitrogens with zero attached hydrogens (tertiary/aromatic N) is 4. The van der Waals surface area contributed by atoms with Crippen LogP contribution in [-0.2, 0) is 11.3 Å². The van der Waals surface area contributed by atoms with Crippen LogP contribution in [0, 0.1) is 12.8 Å². The summed E-state index contributed by atoms with van der Waals surface area (Å²) in [6, 6.07) is 9.44. The average molecular weight is 384 g/mol. The molecule has 1 aromatic heterocycles. The maximum atomic E-state index is 12.7. The quantitative estimate of drug-likeness (QED) is 0.761. The predicted octanol–water partition coefficient (Wildman–Crippen LogP) is 1.94. The number of carbonyl (C=O) groups excluding carboxylic acids is 1. The highest BCUT2D eigenvalue weighted by Crippen LogP contribution is 2.21. The predicted molar refractivity (Wildman–Crippen MR) is 109 cm³/mol. The van der Waals surface area contributed by atoms with E-state index in [1.165, 1.54) is 10.7 Å². The van der Waals surface area contributed by atoms with Crippen LogP contribution in [0.3, 0.4) is 0 Å². The molecule has 0 N–H and O–H groups in total. The van der Waals surface area contributed by atoms with E-state index in [4.69, 9.17) is 4.74 Å². The van der Waals surface area contributed by atoms with Crippen LogP contribution in [0.15, 0.2) is 41.3 Å². The second-order valence-corrected chi connectivity index (χ2v) is 7.53. The first-order chi connectivity index (χ1) is 13.4. The van der Waals surface area contributed by atoms with Gasteiger partial charge in [-0.1, -0.05) is 18.2 Å². The number of hydrogen-bond acceptors (Lipinski definition) is 5. The molecular formula is C21H28N4O3. The second kappa shape index (κ2) is 8.91. The van der Waals surface area contributed by atoms with Gasteiger partial charge in [-0.3, -0.25) is 9.59 Å². The zero-order valence-electron chi connectivity index (χ0n) is 16.8. The molecule has 0 bridgehead atoms. The maximum Gasteiger partial charge on any atom is 0.269 e. The first kappa shape index (κ1) is 19.9. The number of rotatable bonds is 6. The normalized spacial score (nSPS) is 16.7. The molecule has 0 saturated carbocycles. The summed E-state index contributed by atoms with van der Waals surface area (Å²) >= 11 is 0. The van der Waals surface area contributed by atoms with E-state index in [0.717, 1.165) is 29.8 Å². The summed E-state index contributed by atoms with van der Waals surface area (Å²) in [6.45, 7) is 3.94. The summed E-state index contributed by atoms with van der Waals surface area (Å²) in [7, 11) is 3.69. The molecule has 7 nitrogen and oxygen atoms in total. The van der Waals surface area contributed by atoms with Crippen molar-refractivity contribution in [2.75, 3.05) is 38.7 Å². The van der Waals surface area contributed by atoms with Gasteiger partial charge < -0.3 is 14.5 Å². The molecule has 0 radical (unpaired) electrons. The Balaban J connectivity index is 1.57. The van der Waals surface area contributed by atoms with E-state index in [1.807, 2.05) is 55.1 Å². The summed E-state index contributed by atoms with van der Waals surface area (Å²) in [4.78, 5) is 28.5. The first-order valence-electron chi connectivity index (χ1n) is 9.64. The molecule has 0 aliphatic carbocycles. The Bertz CT molecular complexity index is 878. The third-order valence-corrected chi connectivity index (χ3v) is 5.10. The average Bonchev–Trinajstić information content (AvgIpc) is 2.69. The van der Waals surface area contributed by atoms with Gasteiger partial charge in [0.2, 0.25) is 5.91 Å². The molecule has 1 unspecified atom stereocenters. The van der Waals surface area contributed by atoms with Crippen LogP contribution in [0.25, 0.3) is 0 Å². The molecule has 150 valence electrons. The molecule has 0 spiro atoms. The molecule has 1 fully saturated rings. The van der Waals surface area contributed by atoms with Gasteiger partial charge in [0.05, 0.1) is 18.5 Å². The van der Waals surface area contributed by atoms with Crippen LogP contribution in [0.4, 0.5) is 5.69 Å². The van der Waals surface area contributed by atoms with Crippen molar-refractivity contribution in [2.24, 2.45) is 5.92 Å². The fourth-order valence-electron chi connectivity index (χ4n) is 3.37. The number of aryl methyl sites for hydroxylation is 1. The Morgan fingerprint density at radius 3 is 2.82 bits per heavy atom. The number of aromatic nitrogens is 2. The number of carbonyl (C=O) groups is 1. The molecule has 7 heteroatoms. The van der Waals surface area contributed by atoms with Gasteiger partial charge in [-0.25, -0.2) is 4.68 Å². The Kier molecular flexibility index (Phi) is 6.34. The number of hydrogen-bond donors (Lipinski definition) is 0. The van der Waals surface area contributed by atoms with Crippen molar-refractivity contribution >= 4 is 11.6 Å². The van der Waals surface area contributed by atoms with Crippen LogP contribution < -0.4 is 15.2 Å². The highest BCUT2D eigenvalue weighted by atomic mass is 16.5. The monoisotopic (exact) mass is 384 g/mol. The minimum atomic E-state index is -0.268. The Morgan fingerprint density at radius 1 is 1.32 bits per heavy atom. The van der Waals surface area contributed by atoms with E-state index in [0.29, 0.717) is 19.7 Å². The zero-order valence-corrected chi connectivity index (χ0v) is 16.8. The van der Waals surface area contributed by atoms with Crippen molar-refractivity contribution in [3.8, 4) is 5.75 Å². The molecule has 1 atom stereocenters. The van der Waals surface area contributed by atoms with Crippen molar-refractivity contribution < 1.29 is 9.53 Å². The topological polar surface area (TPSA) is 67.7 Å². The first-order valence-corrected chi connectivity index (χ1v) is 9.64. The SMILES string of the molecule is Cc1ccccc1OCC1CCCN(C(=O)Cn2ncc(N(C)C)cc2=O)C1. The minimum absolute atomic E-state index is 0.0298. The van der Waals surface area contributed by atoms with E-state index >= 15 is 0 Å². The number of benzene rings is 1. The molecular weight excluding hydrogens is 356 g/mol. The van der Waals surface area contributed by atoms with E-state index in [9.17, 15) is 9.59 Å². The zero-order chi connectivity index (χ0) is 20.1. The molecule has 1 aliphatic heterocycles. The lowest BCUT2D eigenvalue weighted by atomic mass is 9.99. The van der Waals surface area contributed by atoms with E-state index < -0.39 is 0 Å². The minimum Gasteiger partial charge on any atom is -0.493 e. The molecule has 1 aliphatic rings. The highest BCUT2D eigenvalue weighted by Gasteiger charge is 2.25. The van der Waals surface area contributed by atoms with Crippen LogP contribution in [-0.4, -0.2) is 54.4 Å². The van der Waals surface area contributed by atoms with Crippen LogP contribution in [0.5, 0.6) is 5.75 Å². The third-order valence-electron chi connectivity index (χ3n) is 5.10. The lowest BCUT2D eigenvalue weighted by Crippen LogP contribution is -2.44. The number of para-hydroxylation sites is 1. The molecule has 2 aromatic rings. The lowest BCUT2D eigenvalue weighted by Gasteiger charge is -2.32. The van der Waals surface area contributed by atoms with Gasteiger partial charge in [0.25, 0.3) is 5.56 Å². The van der Waals surface area contributed by atoms with Crippen molar-refractivity contribution in [1.82, 2.24) is 14.7 Å². The second-order valence-electron chi connectivity index (χ2n) is 7.53. The van der Waals surface area contributed by atoms with Gasteiger partial charge in [-0.05, 0) is 31.4 Å². The molecule has 1 aromatic carbocycles. The van der Waals surface area contributed by atoms with Gasteiger partial charge in [-0.15, -0.1) is 0 Å². The summed E-state index contributed by atoms with van der Waals surface area (Å²) < 4.78 is 7.19. The summed E-state index contributed by atoms with van der Waals surface area (Å²) in [5, 5.41) is 4.13. The molecule has 2 heterocycles. The molecule has 28 heavy (non-hydrogen) atoms. The number of anilines is 1. The summed E-state index contributed by atoms with van der Waals surface area (Å²) in [6.07, 6.45) is 3.57. The van der Waals surface area contributed by atoms with Gasteiger partial charge in [0.15, 0.2) is 0 Å². The highest BCUT2D eigenvalue weighted by molar-refractivity contribution is 5.76. The van der Waals surface area contributed by atoms with Crippen molar-refractivity contribution in [2.45, 2.75) is 26.3 Å². The summed E-state index contributed by atoms with van der Waals surface area (Å²) in [5.41, 5.74) is 1.56. The molecule has 1 amide bonds. The maximum absolute atomic E-state index is 12.7. The van der Waals surface area contributed by atoms with E-state index in [1.54, 1.807) is 6.20 Å². The Labute approximate surface area is 165 Å². The standard InChI is InChI=1S/C21H28N4O3/c1-16-7-4-5-9-19(16)28-15-17-8-6-10-24(13-17)21(27)14-25-20(26)11-18(12-22-25)23(2)3/h4-5,7,9,11-12,17H,6,8,10,13-15H2,1-3H3.